The van der Waals surface area contributed by atoms with Gasteiger partial charge in [0.15, 0.2) is 5.58 Å². The molecule has 1 heterocycles. The van der Waals surface area contributed by atoms with Gasteiger partial charge in [0.05, 0.1) is 5.69 Å². The molecule has 0 amide bonds. The number of fused-ring (bicyclic) bond motifs is 5. The monoisotopic (exact) mass is 663 g/mol. The minimum atomic E-state index is 0.864. The van der Waals surface area contributed by atoms with Gasteiger partial charge in [-0.25, -0.2) is 0 Å². The van der Waals surface area contributed by atoms with Gasteiger partial charge in [0, 0.05) is 22.1 Å². The second kappa shape index (κ2) is 12.5. The maximum Gasteiger partial charge on any atom is 0.160 e. The van der Waals surface area contributed by atoms with Gasteiger partial charge < -0.3 is 9.32 Å². The molecule has 10 rings (SSSR count). The number of hydrogen-bond donors (Lipinski definition) is 0. The molecule has 0 saturated carbocycles. The summed E-state index contributed by atoms with van der Waals surface area (Å²) in [6, 6.07) is 71.5. The van der Waals surface area contributed by atoms with E-state index in [-0.39, 0.29) is 0 Å². The maximum absolute atomic E-state index is 6.79. The number of anilines is 3. The summed E-state index contributed by atoms with van der Waals surface area (Å²) < 4.78 is 6.79. The predicted molar refractivity (Wildman–Crippen MR) is 220 cm³/mol. The predicted octanol–water partition coefficient (Wildman–Crippen LogP) is 14.4. The van der Waals surface area contributed by atoms with Gasteiger partial charge in [0.1, 0.15) is 5.58 Å². The Labute approximate surface area is 302 Å². The quantitative estimate of drug-likeness (QED) is 0.176. The molecule has 0 atom stereocenters. The fourth-order valence-corrected chi connectivity index (χ4v) is 7.73. The summed E-state index contributed by atoms with van der Waals surface area (Å²) in [5, 5.41) is 7.16. The highest BCUT2D eigenvalue weighted by Crippen LogP contribution is 2.46. The van der Waals surface area contributed by atoms with Crippen molar-refractivity contribution in [2.24, 2.45) is 0 Å². The van der Waals surface area contributed by atoms with Gasteiger partial charge in [0.2, 0.25) is 0 Å². The van der Waals surface area contributed by atoms with Crippen molar-refractivity contribution in [3.63, 3.8) is 0 Å². The van der Waals surface area contributed by atoms with E-state index in [0.29, 0.717) is 0 Å². The van der Waals surface area contributed by atoms with Crippen molar-refractivity contribution in [1.82, 2.24) is 0 Å². The summed E-state index contributed by atoms with van der Waals surface area (Å²) in [4.78, 5) is 2.31. The Morgan fingerprint density at radius 3 is 1.85 bits per heavy atom. The van der Waals surface area contributed by atoms with Crippen LogP contribution in [0.2, 0.25) is 0 Å². The van der Waals surface area contributed by atoms with Gasteiger partial charge in [-0.2, -0.15) is 0 Å². The van der Waals surface area contributed by atoms with E-state index in [1.54, 1.807) is 0 Å². The number of benzene rings is 9. The first-order valence-corrected chi connectivity index (χ1v) is 17.8. The molecule has 1 aromatic heterocycles. The summed E-state index contributed by atoms with van der Waals surface area (Å²) in [6.07, 6.45) is 0. The first kappa shape index (κ1) is 30.0. The molecule has 0 bridgehead atoms. The molecule has 0 unspecified atom stereocenters. The van der Waals surface area contributed by atoms with E-state index in [0.717, 1.165) is 44.6 Å². The molecule has 9 aromatic carbocycles. The van der Waals surface area contributed by atoms with Crippen LogP contribution in [0.3, 0.4) is 0 Å². The molecular formula is C50H33NO. The fraction of sp³-hybridized carbons (Fsp3) is 0. The van der Waals surface area contributed by atoms with Crippen molar-refractivity contribution in [3.8, 4) is 33.4 Å². The average molecular weight is 664 g/mol. The number of hydrogen-bond acceptors (Lipinski definition) is 2. The molecule has 0 aliphatic heterocycles. The van der Waals surface area contributed by atoms with Gasteiger partial charge in [-0.05, 0) is 103 Å². The molecule has 0 N–H and O–H groups in total. The lowest BCUT2D eigenvalue weighted by Crippen LogP contribution is -2.10. The first-order valence-electron chi connectivity index (χ1n) is 17.8. The normalized spacial score (nSPS) is 11.5. The molecule has 52 heavy (non-hydrogen) atoms. The topological polar surface area (TPSA) is 16.4 Å². The SMILES string of the molecule is c1ccc(-c2cccc3cc(-c4ccc(N(c5ccccc5)c5ccc(-c6ccc7ccccc7c6)c6c5oc5ccccc56)cc4)ccc23)cc1. The van der Waals surface area contributed by atoms with Gasteiger partial charge in [-0.3, -0.25) is 0 Å². The van der Waals surface area contributed by atoms with Gasteiger partial charge in [-0.15, -0.1) is 0 Å². The molecule has 2 heteroatoms. The summed E-state index contributed by atoms with van der Waals surface area (Å²) in [5.41, 5.74) is 12.0. The third-order valence-corrected chi connectivity index (χ3v) is 10.2. The minimum absolute atomic E-state index is 0.864. The summed E-state index contributed by atoms with van der Waals surface area (Å²) >= 11 is 0. The lowest BCUT2D eigenvalue weighted by Gasteiger charge is -2.26. The Bertz CT molecular complexity index is 2890. The molecule has 0 fully saturated rings. The molecule has 2 nitrogen and oxygen atoms in total. The Kier molecular flexibility index (Phi) is 7.18. The zero-order chi connectivity index (χ0) is 34.4. The summed E-state index contributed by atoms with van der Waals surface area (Å²) in [7, 11) is 0. The van der Waals surface area contributed by atoms with E-state index < -0.39 is 0 Å². The van der Waals surface area contributed by atoms with E-state index in [1.807, 2.05) is 6.07 Å². The Balaban J connectivity index is 1.10. The van der Waals surface area contributed by atoms with Crippen LogP contribution < -0.4 is 4.90 Å². The first-order chi connectivity index (χ1) is 25.8. The zero-order valence-corrected chi connectivity index (χ0v) is 28.4. The van der Waals surface area contributed by atoms with Crippen LogP contribution >= 0.6 is 0 Å². The molecule has 0 aliphatic rings. The van der Waals surface area contributed by atoms with E-state index in [4.69, 9.17) is 4.42 Å². The van der Waals surface area contributed by atoms with Crippen LogP contribution in [-0.2, 0) is 0 Å². The minimum Gasteiger partial charge on any atom is -0.454 e. The number of rotatable bonds is 6. The second-order valence-corrected chi connectivity index (χ2v) is 13.3. The highest BCUT2D eigenvalue weighted by Gasteiger charge is 2.22. The third-order valence-electron chi connectivity index (χ3n) is 10.2. The maximum atomic E-state index is 6.79. The fourth-order valence-electron chi connectivity index (χ4n) is 7.73. The van der Waals surface area contributed by atoms with Crippen molar-refractivity contribution in [2.45, 2.75) is 0 Å². The number of nitrogens with zero attached hydrogens (tertiary/aromatic N) is 1. The van der Waals surface area contributed by atoms with Crippen LogP contribution in [0, 0.1) is 0 Å². The lowest BCUT2D eigenvalue weighted by atomic mass is 9.95. The number of furan rings is 1. The van der Waals surface area contributed by atoms with Crippen LogP contribution in [-0.4, -0.2) is 0 Å². The van der Waals surface area contributed by atoms with Crippen molar-refractivity contribution in [1.29, 1.82) is 0 Å². The standard InChI is InChI=1S/C50H33NO/c1-3-13-36(14-4-1)43-20-11-16-39-33-38(26-29-44(39)43)35-24-27-42(28-25-35)51(41-17-5-2-6-18-41)47-31-30-45(40-23-22-34-12-7-8-15-37(34)32-40)49-46-19-9-10-21-48(46)52-50(47)49/h1-33H. The molecule has 10 aromatic rings. The van der Waals surface area contributed by atoms with Gasteiger partial charge in [-0.1, -0.05) is 152 Å². The second-order valence-electron chi connectivity index (χ2n) is 13.3. The lowest BCUT2D eigenvalue weighted by molar-refractivity contribution is 0.669. The number of para-hydroxylation sites is 2. The van der Waals surface area contributed by atoms with Crippen molar-refractivity contribution >= 4 is 60.5 Å². The molecule has 0 aliphatic carbocycles. The largest absolute Gasteiger partial charge is 0.454 e. The van der Waals surface area contributed by atoms with Crippen molar-refractivity contribution < 1.29 is 4.42 Å². The third kappa shape index (κ3) is 5.12. The highest BCUT2D eigenvalue weighted by atomic mass is 16.3. The zero-order valence-electron chi connectivity index (χ0n) is 28.4. The van der Waals surface area contributed by atoms with E-state index in [9.17, 15) is 0 Å². The molecule has 0 spiro atoms. The van der Waals surface area contributed by atoms with Crippen molar-refractivity contribution in [2.75, 3.05) is 4.90 Å². The van der Waals surface area contributed by atoms with Crippen LogP contribution in [0.25, 0.3) is 76.9 Å². The summed E-state index contributed by atoms with van der Waals surface area (Å²) in [6.45, 7) is 0. The molecule has 0 radical (unpaired) electrons. The van der Waals surface area contributed by atoms with Gasteiger partial charge >= 0.3 is 0 Å². The van der Waals surface area contributed by atoms with E-state index in [1.165, 1.54) is 49.4 Å². The van der Waals surface area contributed by atoms with E-state index >= 15 is 0 Å². The Morgan fingerprint density at radius 1 is 0.346 bits per heavy atom. The van der Waals surface area contributed by atoms with Gasteiger partial charge in [0.25, 0.3) is 0 Å². The Morgan fingerprint density at radius 2 is 1.00 bits per heavy atom. The Hall–Kier alpha value is -6.90. The molecule has 244 valence electrons. The van der Waals surface area contributed by atoms with Crippen LogP contribution in [0.5, 0.6) is 0 Å². The summed E-state index contributed by atoms with van der Waals surface area (Å²) in [5.74, 6) is 0. The van der Waals surface area contributed by atoms with Crippen molar-refractivity contribution in [3.05, 3.63) is 200 Å². The highest BCUT2D eigenvalue weighted by molar-refractivity contribution is 6.17. The van der Waals surface area contributed by atoms with Crippen LogP contribution in [0.15, 0.2) is 205 Å². The van der Waals surface area contributed by atoms with Crippen LogP contribution in [0.4, 0.5) is 17.1 Å². The molecular weight excluding hydrogens is 631 g/mol. The molecule has 0 saturated heterocycles. The average Bonchev–Trinajstić information content (AvgIpc) is 3.61. The smallest absolute Gasteiger partial charge is 0.160 e. The van der Waals surface area contributed by atoms with E-state index in [2.05, 4.69) is 199 Å². The van der Waals surface area contributed by atoms with Crippen LogP contribution in [0.1, 0.15) is 0 Å².